The van der Waals surface area contributed by atoms with E-state index in [2.05, 4.69) is 5.32 Å². The quantitative estimate of drug-likeness (QED) is 0.767. The van der Waals surface area contributed by atoms with Crippen LogP contribution in [-0.4, -0.2) is 25.7 Å². The number of benzene rings is 2. The Kier molecular flexibility index (Phi) is 8.68. The van der Waals surface area contributed by atoms with E-state index in [1.54, 1.807) is 24.3 Å². The molecule has 0 unspecified atom stereocenters. The Morgan fingerprint density at radius 3 is 2.42 bits per heavy atom. The average Bonchev–Trinajstić information content (AvgIpc) is 2.54. The molecule has 130 valence electrons. The van der Waals surface area contributed by atoms with Gasteiger partial charge < -0.3 is 20.5 Å². The van der Waals surface area contributed by atoms with E-state index >= 15 is 0 Å². The van der Waals surface area contributed by atoms with Gasteiger partial charge in [-0.1, -0.05) is 12.1 Å². The molecule has 0 atom stereocenters. The Morgan fingerprint density at radius 2 is 1.75 bits per heavy atom. The summed E-state index contributed by atoms with van der Waals surface area (Å²) in [6, 6.07) is 14.9. The van der Waals surface area contributed by atoms with Gasteiger partial charge in [-0.2, -0.15) is 0 Å². The zero-order valence-corrected chi connectivity index (χ0v) is 14.5. The molecular weight excluding hydrogens is 328 g/mol. The molecule has 3 N–H and O–H groups in total. The van der Waals surface area contributed by atoms with Gasteiger partial charge in [0.05, 0.1) is 13.0 Å². The van der Waals surface area contributed by atoms with Gasteiger partial charge in [-0.25, -0.2) is 0 Å². The molecule has 0 aliphatic carbocycles. The van der Waals surface area contributed by atoms with Crippen LogP contribution in [0.3, 0.4) is 0 Å². The number of halogens is 1. The number of hydrogen-bond donors (Lipinski definition) is 2. The fraction of sp³-hybridized carbons (Fsp3) is 0.278. The van der Waals surface area contributed by atoms with Gasteiger partial charge in [-0.05, 0) is 48.9 Å². The molecule has 24 heavy (non-hydrogen) atoms. The van der Waals surface area contributed by atoms with Crippen LogP contribution in [0.5, 0.6) is 11.5 Å². The summed E-state index contributed by atoms with van der Waals surface area (Å²) < 4.78 is 10.9. The van der Waals surface area contributed by atoms with Gasteiger partial charge in [0.2, 0.25) is 5.91 Å². The van der Waals surface area contributed by atoms with E-state index in [1.807, 2.05) is 31.2 Å². The first-order valence-electron chi connectivity index (χ1n) is 7.59. The van der Waals surface area contributed by atoms with Crippen LogP contribution in [0.4, 0.5) is 5.69 Å². The predicted octanol–water partition coefficient (Wildman–Crippen LogP) is 3.16. The van der Waals surface area contributed by atoms with E-state index in [4.69, 9.17) is 15.2 Å². The topological polar surface area (TPSA) is 73.6 Å². The highest BCUT2D eigenvalue weighted by atomic mass is 35.5. The van der Waals surface area contributed by atoms with Crippen molar-refractivity contribution in [1.29, 1.82) is 0 Å². The van der Waals surface area contributed by atoms with Crippen LogP contribution in [0.15, 0.2) is 48.5 Å². The average molecular weight is 351 g/mol. The summed E-state index contributed by atoms with van der Waals surface area (Å²) in [6.45, 7) is 3.29. The molecule has 0 heterocycles. The van der Waals surface area contributed by atoms with Crippen LogP contribution in [0, 0.1) is 6.92 Å². The Labute approximate surface area is 148 Å². The summed E-state index contributed by atoms with van der Waals surface area (Å²) in [5.74, 6) is 1.42. The Balaban J connectivity index is 0.00000288. The Morgan fingerprint density at radius 1 is 1.04 bits per heavy atom. The van der Waals surface area contributed by atoms with Crippen LogP contribution in [-0.2, 0) is 4.79 Å². The highest BCUT2D eigenvalue weighted by molar-refractivity contribution is 5.90. The standard InChI is InChI=1S/C18H22N2O3.ClH/c1-14-3-2-4-17(13-14)22-11-9-18(21)20-15-5-7-16(8-6-15)23-12-10-19;/h2-8,13H,9-12,19H2,1H3,(H,20,21);1H. The smallest absolute Gasteiger partial charge is 0.227 e. The summed E-state index contributed by atoms with van der Waals surface area (Å²) in [5, 5.41) is 2.82. The highest BCUT2D eigenvalue weighted by Gasteiger charge is 2.04. The maximum atomic E-state index is 11.9. The first-order valence-corrected chi connectivity index (χ1v) is 7.59. The number of nitrogens with one attached hydrogen (secondary N) is 1. The minimum Gasteiger partial charge on any atom is -0.493 e. The number of amides is 1. The van der Waals surface area contributed by atoms with Crippen LogP contribution in [0.25, 0.3) is 0 Å². The number of carbonyl (C=O) groups is 1. The first kappa shape index (κ1) is 19.8. The third-order valence-electron chi connectivity index (χ3n) is 3.11. The monoisotopic (exact) mass is 350 g/mol. The van der Waals surface area contributed by atoms with E-state index in [0.717, 1.165) is 22.7 Å². The number of aryl methyl sites for hydroxylation is 1. The summed E-state index contributed by atoms with van der Waals surface area (Å²) in [6.07, 6.45) is 0.291. The third kappa shape index (κ3) is 6.89. The highest BCUT2D eigenvalue weighted by Crippen LogP contribution is 2.16. The second-order valence-electron chi connectivity index (χ2n) is 5.12. The normalized spacial score (nSPS) is 9.75. The van der Waals surface area contributed by atoms with Crippen molar-refractivity contribution in [2.75, 3.05) is 25.1 Å². The molecule has 0 fully saturated rings. The first-order chi connectivity index (χ1) is 11.2. The molecule has 0 aliphatic rings. The van der Waals surface area contributed by atoms with E-state index in [-0.39, 0.29) is 18.3 Å². The van der Waals surface area contributed by atoms with E-state index in [1.165, 1.54) is 0 Å². The third-order valence-corrected chi connectivity index (χ3v) is 3.11. The molecular formula is C18H23ClN2O3. The minimum atomic E-state index is -0.0896. The van der Waals surface area contributed by atoms with Crippen molar-refractivity contribution >= 4 is 24.0 Å². The van der Waals surface area contributed by atoms with Gasteiger partial charge in [0.1, 0.15) is 18.1 Å². The van der Waals surface area contributed by atoms with Crippen LogP contribution in [0.2, 0.25) is 0 Å². The lowest BCUT2D eigenvalue weighted by molar-refractivity contribution is -0.116. The molecule has 6 heteroatoms. The molecule has 5 nitrogen and oxygen atoms in total. The molecule has 2 aromatic rings. The molecule has 0 saturated carbocycles. The molecule has 0 bridgehead atoms. The van der Waals surface area contributed by atoms with Crippen LogP contribution in [0.1, 0.15) is 12.0 Å². The zero-order chi connectivity index (χ0) is 16.5. The predicted molar refractivity (Wildman–Crippen MR) is 98.2 cm³/mol. The number of carbonyl (C=O) groups excluding carboxylic acids is 1. The minimum absolute atomic E-state index is 0. The van der Waals surface area contributed by atoms with Gasteiger partial charge in [0, 0.05) is 12.2 Å². The van der Waals surface area contributed by atoms with Crippen molar-refractivity contribution in [3.05, 3.63) is 54.1 Å². The van der Waals surface area contributed by atoms with E-state index in [9.17, 15) is 4.79 Å². The van der Waals surface area contributed by atoms with Crippen molar-refractivity contribution in [3.63, 3.8) is 0 Å². The van der Waals surface area contributed by atoms with Crippen molar-refractivity contribution in [2.45, 2.75) is 13.3 Å². The van der Waals surface area contributed by atoms with Gasteiger partial charge in [0.25, 0.3) is 0 Å². The molecule has 0 spiro atoms. The van der Waals surface area contributed by atoms with Crippen LogP contribution >= 0.6 is 12.4 Å². The van der Waals surface area contributed by atoms with Crippen molar-refractivity contribution in [3.8, 4) is 11.5 Å². The van der Waals surface area contributed by atoms with Gasteiger partial charge in [0.15, 0.2) is 0 Å². The SMILES string of the molecule is Cc1cccc(OCCC(=O)Nc2ccc(OCCN)cc2)c1.Cl. The second-order valence-corrected chi connectivity index (χ2v) is 5.12. The van der Waals surface area contributed by atoms with Gasteiger partial charge in [-0.15, -0.1) is 12.4 Å². The lowest BCUT2D eigenvalue weighted by Crippen LogP contribution is -2.15. The van der Waals surface area contributed by atoms with Crippen molar-refractivity contribution in [1.82, 2.24) is 0 Å². The molecule has 0 saturated heterocycles. The van der Waals surface area contributed by atoms with Crippen molar-refractivity contribution in [2.24, 2.45) is 5.73 Å². The lowest BCUT2D eigenvalue weighted by Gasteiger charge is -2.09. The van der Waals surface area contributed by atoms with Crippen molar-refractivity contribution < 1.29 is 14.3 Å². The summed E-state index contributed by atoms with van der Waals surface area (Å²) >= 11 is 0. The molecule has 2 aromatic carbocycles. The molecule has 0 aliphatic heterocycles. The van der Waals surface area contributed by atoms with Gasteiger partial charge >= 0.3 is 0 Å². The summed E-state index contributed by atoms with van der Waals surface area (Å²) in [5.41, 5.74) is 7.23. The summed E-state index contributed by atoms with van der Waals surface area (Å²) in [4.78, 5) is 11.9. The molecule has 1 amide bonds. The fourth-order valence-electron chi connectivity index (χ4n) is 2.00. The number of ether oxygens (including phenoxy) is 2. The summed E-state index contributed by atoms with van der Waals surface area (Å²) in [7, 11) is 0. The fourth-order valence-corrected chi connectivity index (χ4v) is 2.00. The van der Waals surface area contributed by atoms with E-state index in [0.29, 0.717) is 26.2 Å². The molecule has 0 radical (unpaired) electrons. The number of hydrogen-bond acceptors (Lipinski definition) is 4. The zero-order valence-electron chi connectivity index (χ0n) is 13.7. The largest absolute Gasteiger partial charge is 0.493 e. The number of nitrogens with two attached hydrogens (primary N) is 1. The molecule has 2 rings (SSSR count). The molecule has 0 aromatic heterocycles. The maximum Gasteiger partial charge on any atom is 0.227 e. The lowest BCUT2D eigenvalue weighted by atomic mass is 10.2. The Bertz CT molecular complexity index is 632. The maximum absolute atomic E-state index is 11.9. The van der Waals surface area contributed by atoms with Gasteiger partial charge in [-0.3, -0.25) is 4.79 Å². The number of rotatable bonds is 8. The Hall–Kier alpha value is -2.24. The number of anilines is 1. The van der Waals surface area contributed by atoms with E-state index < -0.39 is 0 Å². The van der Waals surface area contributed by atoms with Crippen LogP contribution < -0.4 is 20.5 Å². The second kappa shape index (κ2) is 10.5.